The number of sulfone groups is 1. The van der Waals surface area contributed by atoms with E-state index < -0.39 is 62.7 Å². The summed E-state index contributed by atoms with van der Waals surface area (Å²) in [6.45, 7) is 5.32. The van der Waals surface area contributed by atoms with Gasteiger partial charge in [-0.15, -0.1) is 0 Å². The zero-order valence-corrected chi connectivity index (χ0v) is 28.0. The lowest BCUT2D eigenvalue weighted by Gasteiger charge is -2.32. The summed E-state index contributed by atoms with van der Waals surface area (Å²) in [7, 11) is -2.45. The molecule has 0 aliphatic carbocycles. The molecule has 0 aliphatic rings. The lowest BCUT2D eigenvalue weighted by atomic mass is 10.0. The van der Waals surface area contributed by atoms with Crippen LogP contribution in [0.1, 0.15) is 63.1 Å². The molecule has 0 saturated heterocycles. The topological polar surface area (TPSA) is 148 Å². The van der Waals surface area contributed by atoms with E-state index in [0.717, 1.165) is 30.2 Å². The molecule has 3 atom stereocenters. The first-order valence-corrected chi connectivity index (χ1v) is 17.4. The highest BCUT2D eigenvalue weighted by atomic mass is 32.2. The summed E-state index contributed by atoms with van der Waals surface area (Å²) in [5.41, 5.74) is 8.17. The summed E-state index contributed by atoms with van der Waals surface area (Å²) < 4.78 is 64.8. The minimum atomic E-state index is -3.87. The second-order valence-electron chi connectivity index (χ2n) is 11.5. The van der Waals surface area contributed by atoms with E-state index in [1.54, 1.807) is 6.07 Å². The van der Waals surface area contributed by atoms with E-state index in [1.807, 2.05) is 39.0 Å². The molecule has 0 saturated carbocycles. The Hall–Kier alpha value is -3.13. The Morgan fingerprint density at radius 1 is 0.978 bits per heavy atom. The van der Waals surface area contributed by atoms with Gasteiger partial charge < -0.3 is 30.5 Å². The van der Waals surface area contributed by atoms with Gasteiger partial charge in [-0.2, -0.15) is 0 Å². The van der Waals surface area contributed by atoms with Crippen LogP contribution in [0.25, 0.3) is 0 Å². The van der Waals surface area contributed by atoms with Gasteiger partial charge in [-0.05, 0) is 54.5 Å². The number of hydrogen-bond acceptors (Lipinski definition) is 8. The molecule has 0 aliphatic heterocycles. The number of aryl methyl sites for hydroxylation is 1. The van der Waals surface area contributed by atoms with Crippen molar-refractivity contribution in [2.45, 2.75) is 89.3 Å². The molecule has 0 radical (unpaired) electrons. The van der Waals surface area contributed by atoms with Gasteiger partial charge in [-0.1, -0.05) is 57.9 Å². The van der Waals surface area contributed by atoms with Gasteiger partial charge in [0.1, 0.15) is 24.3 Å². The standard InChI is InChI=1S/C33H49F2N3O7S/c1-5-9-28(10-6-2)46(42,43)22-30(37-33(41)45-14-13-44-4)32(40)38(20-24-12-8-11-23(7-3)15-24)21-31(39)29(36)18-25-16-26(34)19-27(35)17-25/h8,11-12,15-17,19,28-31,39H,5-7,9-10,13-14,18,20-22,36H2,1-4H3,(H,37,41)/t29-,30+,31+/m0/s1. The third kappa shape index (κ3) is 12.9. The number of benzene rings is 2. The van der Waals surface area contributed by atoms with Crippen LogP contribution >= 0.6 is 0 Å². The highest BCUT2D eigenvalue weighted by Gasteiger charge is 2.36. The fourth-order valence-electron chi connectivity index (χ4n) is 5.21. The molecule has 258 valence electrons. The molecule has 2 rings (SSSR count). The number of methoxy groups -OCH3 is 1. The first-order chi connectivity index (χ1) is 21.8. The Balaban J connectivity index is 2.45. The molecule has 0 heterocycles. The number of nitrogens with one attached hydrogen (secondary N) is 1. The molecule has 0 unspecified atom stereocenters. The summed E-state index contributed by atoms with van der Waals surface area (Å²) in [5.74, 6) is -3.02. The Morgan fingerprint density at radius 3 is 2.20 bits per heavy atom. The second-order valence-corrected chi connectivity index (χ2v) is 13.8. The molecule has 2 amide bonds. The van der Waals surface area contributed by atoms with E-state index in [2.05, 4.69) is 5.32 Å². The monoisotopic (exact) mass is 669 g/mol. The average molecular weight is 670 g/mol. The fourth-order valence-corrected chi connectivity index (χ4v) is 7.36. The van der Waals surface area contributed by atoms with E-state index in [4.69, 9.17) is 15.2 Å². The average Bonchev–Trinajstić information content (AvgIpc) is 2.99. The quantitative estimate of drug-likeness (QED) is 0.180. The smallest absolute Gasteiger partial charge is 0.407 e. The molecule has 0 aromatic heterocycles. The van der Waals surface area contributed by atoms with Gasteiger partial charge in [0, 0.05) is 32.3 Å². The number of hydrogen-bond donors (Lipinski definition) is 3. The number of nitrogens with two attached hydrogens (primary N) is 1. The molecule has 0 fully saturated rings. The van der Waals surface area contributed by atoms with Crippen molar-refractivity contribution in [2.24, 2.45) is 5.73 Å². The summed E-state index contributed by atoms with van der Waals surface area (Å²) in [5, 5.41) is 12.9. The van der Waals surface area contributed by atoms with Crippen molar-refractivity contribution in [1.82, 2.24) is 10.2 Å². The van der Waals surface area contributed by atoms with Crippen molar-refractivity contribution < 1.29 is 41.4 Å². The normalized spacial score (nSPS) is 13.7. The Labute approximate surface area is 271 Å². The van der Waals surface area contributed by atoms with E-state index in [9.17, 15) is 31.9 Å². The van der Waals surface area contributed by atoms with Gasteiger partial charge >= 0.3 is 6.09 Å². The minimum Gasteiger partial charge on any atom is -0.447 e. The van der Waals surface area contributed by atoms with Crippen LogP contribution in [0.2, 0.25) is 0 Å². The Kier molecular flexibility index (Phi) is 16.6. The second kappa shape index (κ2) is 19.5. The number of rotatable bonds is 20. The van der Waals surface area contributed by atoms with Crippen LogP contribution in [0.5, 0.6) is 0 Å². The largest absolute Gasteiger partial charge is 0.447 e. The highest BCUT2D eigenvalue weighted by molar-refractivity contribution is 7.92. The molecule has 46 heavy (non-hydrogen) atoms. The predicted octanol–water partition coefficient (Wildman–Crippen LogP) is 3.91. The van der Waals surface area contributed by atoms with E-state index in [0.29, 0.717) is 31.2 Å². The lowest BCUT2D eigenvalue weighted by Crippen LogP contribution is -2.55. The van der Waals surface area contributed by atoms with Gasteiger partial charge in [0.25, 0.3) is 0 Å². The molecule has 13 heteroatoms. The molecular formula is C33H49F2N3O7S. The van der Waals surface area contributed by atoms with E-state index in [1.165, 1.54) is 12.0 Å². The number of aliphatic hydroxyl groups excluding tert-OH is 1. The highest BCUT2D eigenvalue weighted by Crippen LogP contribution is 2.19. The summed E-state index contributed by atoms with van der Waals surface area (Å²) in [6.07, 6.45) is 0.304. The van der Waals surface area contributed by atoms with Crippen LogP contribution < -0.4 is 11.1 Å². The molecule has 0 bridgehead atoms. The van der Waals surface area contributed by atoms with Gasteiger partial charge in [-0.25, -0.2) is 22.0 Å². The molecule has 2 aromatic rings. The van der Waals surface area contributed by atoms with Crippen LogP contribution in [0.4, 0.5) is 13.6 Å². The third-order valence-electron chi connectivity index (χ3n) is 7.62. The number of carbonyl (C=O) groups is 2. The first-order valence-electron chi connectivity index (χ1n) is 15.7. The number of carbonyl (C=O) groups excluding carboxylic acids is 2. The van der Waals surface area contributed by atoms with Crippen LogP contribution in [-0.4, -0.2) is 86.5 Å². The molecule has 2 aromatic carbocycles. The molecular weight excluding hydrogens is 620 g/mol. The predicted molar refractivity (Wildman–Crippen MR) is 173 cm³/mol. The molecule has 0 spiro atoms. The number of alkyl carbamates (subject to hydrolysis) is 1. The van der Waals surface area contributed by atoms with Gasteiger partial charge in [-0.3, -0.25) is 4.79 Å². The Morgan fingerprint density at radius 2 is 1.61 bits per heavy atom. The van der Waals surface area contributed by atoms with Crippen molar-refractivity contribution in [3.05, 3.63) is 70.8 Å². The summed E-state index contributed by atoms with van der Waals surface area (Å²) >= 11 is 0. The summed E-state index contributed by atoms with van der Waals surface area (Å²) in [4.78, 5) is 28.2. The maximum absolute atomic E-state index is 14.2. The summed E-state index contributed by atoms with van der Waals surface area (Å²) in [6, 6.07) is 7.80. The Bertz CT molecular complexity index is 1340. The van der Waals surface area contributed by atoms with Gasteiger partial charge in [0.05, 0.1) is 23.7 Å². The zero-order valence-electron chi connectivity index (χ0n) is 27.2. The van der Waals surface area contributed by atoms with Crippen LogP contribution in [0.3, 0.4) is 0 Å². The number of nitrogens with zero attached hydrogens (tertiary/aromatic N) is 1. The first kappa shape index (κ1) is 39.1. The number of aliphatic hydroxyl groups is 1. The van der Waals surface area contributed by atoms with Crippen molar-refractivity contribution in [3.63, 3.8) is 0 Å². The van der Waals surface area contributed by atoms with E-state index >= 15 is 0 Å². The number of ether oxygens (including phenoxy) is 2. The van der Waals surface area contributed by atoms with Crippen molar-refractivity contribution >= 4 is 21.8 Å². The van der Waals surface area contributed by atoms with Crippen LogP contribution in [0, 0.1) is 11.6 Å². The van der Waals surface area contributed by atoms with Crippen LogP contribution in [-0.2, 0) is 43.5 Å². The van der Waals surface area contributed by atoms with Gasteiger partial charge in [0.2, 0.25) is 5.91 Å². The SMILES string of the molecule is CCCC(CCC)S(=O)(=O)C[C@@H](NC(=O)OCCOC)C(=O)N(Cc1cccc(CC)c1)C[C@@H](O)[C@@H](N)Cc1cc(F)cc(F)c1. The molecule has 4 N–H and O–H groups in total. The van der Waals surface area contributed by atoms with Gasteiger partial charge in [0.15, 0.2) is 9.84 Å². The third-order valence-corrected chi connectivity index (χ3v) is 9.90. The van der Waals surface area contributed by atoms with Crippen LogP contribution in [0.15, 0.2) is 42.5 Å². The maximum Gasteiger partial charge on any atom is 0.407 e. The maximum atomic E-state index is 14.2. The minimum absolute atomic E-state index is 0.0324. The number of halogens is 2. The number of amides is 2. The van der Waals surface area contributed by atoms with Crippen molar-refractivity contribution in [1.29, 1.82) is 0 Å². The van der Waals surface area contributed by atoms with Crippen molar-refractivity contribution in [2.75, 3.05) is 32.6 Å². The van der Waals surface area contributed by atoms with Crippen molar-refractivity contribution in [3.8, 4) is 0 Å². The lowest BCUT2D eigenvalue weighted by molar-refractivity contribution is -0.135. The zero-order chi connectivity index (χ0) is 34.3. The van der Waals surface area contributed by atoms with E-state index in [-0.39, 0.29) is 38.3 Å². The molecule has 10 nitrogen and oxygen atoms in total. The fraction of sp³-hybridized carbons (Fsp3) is 0.576.